The molecule has 24 heavy (non-hydrogen) atoms. The van der Waals surface area contributed by atoms with Gasteiger partial charge in [0.15, 0.2) is 0 Å². The van der Waals surface area contributed by atoms with Crippen LogP contribution in [0.15, 0.2) is 0 Å². The second-order valence-corrected chi connectivity index (χ2v) is 10.0. The fourth-order valence-electron chi connectivity index (χ4n) is 7.98. The van der Waals surface area contributed by atoms with E-state index in [0.717, 1.165) is 38.0 Å². The number of carbonyl (C=O) groups excluding carboxylic acids is 1. The van der Waals surface area contributed by atoms with Gasteiger partial charge in [-0.05, 0) is 92.8 Å². The highest BCUT2D eigenvalue weighted by atomic mass is 16.3. The maximum atomic E-state index is 12.2. The first-order chi connectivity index (χ1) is 11.3. The van der Waals surface area contributed by atoms with Crippen LogP contribution in [0.4, 0.5) is 0 Å². The molecule has 4 aliphatic carbocycles. The number of hydrogen-bond acceptors (Lipinski definition) is 3. The van der Waals surface area contributed by atoms with Crippen molar-refractivity contribution < 1.29 is 15.0 Å². The Balaban J connectivity index is 1.64. The maximum absolute atomic E-state index is 12.2. The summed E-state index contributed by atoms with van der Waals surface area (Å²) in [5.74, 6) is 2.60. The van der Waals surface area contributed by atoms with Gasteiger partial charge in [-0.3, -0.25) is 4.79 Å². The van der Waals surface area contributed by atoms with Gasteiger partial charge < -0.3 is 10.2 Å². The highest BCUT2D eigenvalue weighted by Crippen LogP contribution is 2.67. The second-order valence-electron chi connectivity index (χ2n) is 10.0. The van der Waals surface area contributed by atoms with Crippen molar-refractivity contribution in [1.29, 1.82) is 0 Å². The maximum Gasteiger partial charge on any atom is 0.136 e. The van der Waals surface area contributed by atoms with Crippen molar-refractivity contribution in [3.05, 3.63) is 0 Å². The van der Waals surface area contributed by atoms with Crippen LogP contribution in [0.5, 0.6) is 0 Å². The van der Waals surface area contributed by atoms with Crippen molar-refractivity contribution >= 4 is 5.78 Å². The largest absolute Gasteiger partial charge is 0.393 e. The average molecular weight is 335 g/mol. The lowest BCUT2D eigenvalue weighted by molar-refractivity contribution is -0.140. The highest BCUT2D eigenvalue weighted by molar-refractivity contribution is 5.80. The minimum Gasteiger partial charge on any atom is -0.393 e. The lowest BCUT2D eigenvalue weighted by Crippen LogP contribution is -2.54. The number of aliphatic hydroxyl groups excluding tert-OH is 2. The van der Waals surface area contributed by atoms with E-state index in [-0.39, 0.29) is 23.2 Å². The fraction of sp³-hybridized carbons (Fsp3) is 0.952. The van der Waals surface area contributed by atoms with Crippen LogP contribution in [0, 0.1) is 40.4 Å². The summed E-state index contributed by atoms with van der Waals surface area (Å²) in [5.41, 5.74) is 0.368. The number of carbonyl (C=O) groups is 1. The van der Waals surface area contributed by atoms with E-state index < -0.39 is 6.10 Å². The molecule has 0 amide bonds. The average Bonchev–Trinajstić information content (AvgIpc) is 2.78. The molecule has 1 unspecified atom stereocenters. The summed E-state index contributed by atoms with van der Waals surface area (Å²) in [5, 5.41) is 20.7. The van der Waals surface area contributed by atoms with Crippen LogP contribution >= 0.6 is 0 Å². The van der Waals surface area contributed by atoms with E-state index in [0.29, 0.717) is 23.2 Å². The van der Waals surface area contributed by atoms with Crippen LogP contribution in [0.3, 0.4) is 0 Å². The van der Waals surface area contributed by atoms with E-state index in [9.17, 15) is 15.0 Å². The molecule has 4 aliphatic rings. The topological polar surface area (TPSA) is 57.5 Å². The van der Waals surface area contributed by atoms with Crippen molar-refractivity contribution in [2.45, 2.75) is 84.3 Å². The van der Waals surface area contributed by atoms with Crippen LogP contribution < -0.4 is 0 Å². The molecule has 3 nitrogen and oxygen atoms in total. The Morgan fingerprint density at radius 2 is 1.62 bits per heavy atom. The minimum absolute atomic E-state index is 0.00376. The van der Waals surface area contributed by atoms with Crippen LogP contribution in [0.1, 0.15) is 72.1 Å². The number of ketones is 1. The molecule has 0 heterocycles. The SMILES string of the molecule is CC(=O)[C@H]1[C@H](O)C[C@H]2[C@@H]3CC[C@H]4CC(O)CC[C@]4(C)[C@H]3CC[C@@]21C. The van der Waals surface area contributed by atoms with Crippen molar-refractivity contribution in [2.24, 2.45) is 40.4 Å². The van der Waals surface area contributed by atoms with Crippen molar-refractivity contribution in [3.8, 4) is 0 Å². The number of aliphatic hydroxyl groups is 2. The molecule has 136 valence electrons. The van der Waals surface area contributed by atoms with Gasteiger partial charge in [-0.2, -0.15) is 0 Å². The van der Waals surface area contributed by atoms with Gasteiger partial charge in [0, 0.05) is 5.92 Å². The monoisotopic (exact) mass is 334 g/mol. The first-order valence-corrected chi connectivity index (χ1v) is 10.1. The molecular weight excluding hydrogens is 300 g/mol. The van der Waals surface area contributed by atoms with Gasteiger partial charge >= 0.3 is 0 Å². The van der Waals surface area contributed by atoms with E-state index in [2.05, 4.69) is 13.8 Å². The van der Waals surface area contributed by atoms with E-state index in [1.807, 2.05) is 0 Å². The fourth-order valence-corrected chi connectivity index (χ4v) is 7.98. The summed E-state index contributed by atoms with van der Waals surface area (Å²) in [4.78, 5) is 12.2. The Labute approximate surface area is 146 Å². The number of hydrogen-bond donors (Lipinski definition) is 2. The molecule has 0 bridgehead atoms. The zero-order chi connectivity index (χ0) is 17.3. The van der Waals surface area contributed by atoms with E-state index in [1.54, 1.807) is 6.92 Å². The summed E-state index contributed by atoms with van der Waals surface area (Å²) in [6.07, 6.45) is 8.14. The Morgan fingerprint density at radius 1 is 0.917 bits per heavy atom. The zero-order valence-corrected chi connectivity index (χ0v) is 15.5. The smallest absolute Gasteiger partial charge is 0.136 e. The minimum atomic E-state index is -0.435. The molecule has 4 rings (SSSR count). The summed E-state index contributed by atoms with van der Waals surface area (Å²) in [6, 6.07) is 0. The summed E-state index contributed by atoms with van der Waals surface area (Å²) in [7, 11) is 0. The highest BCUT2D eigenvalue weighted by Gasteiger charge is 2.62. The van der Waals surface area contributed by atoms with Gasteiger partial charge in [0.05, 0.1) is 12.2 Å². The standard InChI is InChI=1S/C21H34O3/c1-12(22)19-18(24)11-17-15-5-4-13-10-14(23)6-8-20(13,2)16(15)7-9-21(17,19)3/h13-19,23-24H,4-11H2,1-3H3/t13-,14?,15+,16-,17-,18+,19-,20-,21-/m0/s1. The summed E-state index contributed by atoms with van der Waals surface area (Å²) in [6.45, 7) is 6.44. The first kappa shape index (κ1) is 17.0. The quantitative estimate of drug-likeness (QED) is 0.771. The van der Waals surface area contributed by atoms with Gasteiger partial charge in [-0.1, -0.05) is 13.8 Å². The number of rotatable bonds is 1. The third-order valence-electron chi connectivity index (χ3n) is 9.10. The Kier molecular flexibility index (Phi) is 3.93. The molecule has 2 N–H and O–H groups in total. The van der Waals surface area contributed by atoms with E-state index in [4.69, 9.17) is 0 Å². The van der Waals surface area contributed by atoms with Gasteiger partial charge in [0.2, 0.25) is 0 Å². The van der Waals surface area contributed by atoms with Gasteiger partial charge in [-0.25, -0.2) is 0 Å². The van der Waals surface area contributed by atoms with Crippen LogP contribution in [-0.4, -0.2) is 28.2 Å². The molecule has 9 atom stereocenters. The van der Waals surface area contributed by atoms with Crippen LogP contribution in [0.25, 0.3) is 0 Å². The van der Waals surface area contributed by atoms with E-state index >= 15 is 0 Å². The molecule has 0 aromatic rings. The van der Waals surface area contributed by atoms with Crippen molar-refractivity contribution in [3.63, 3.8) is 0 Å². The van der Waals surface area contributed by atoms with Gasteiger partial charge in [0.1, 0.15) is 5.78 Å². The van der Waals surface area contributed by atoms with Gasteiger partial charge in [0.25, 0.3) is 0 Å². The first-order valence-electron chi connectivity index (χ1n) is 10.1. The molecule has 0 aromatic carbocycles. The third-order valence-corrected chi connectivity index (χ3v) is 9.10. The number of Topliss-reactive ketones (excluding diaryl/α,β-unsaturated/α-hetero) is 1. The Morgan fingerprint density at radius 3 is 2.33 bits per heavy atom. The second kappa shape index (κ2) is 5.54. The molecule has 4 saturated carbocycles. The molecule has 0 saturated heterocycles. The predicted molar refractivity (Wildman–Crippen MR) is 93.3 cm³/mol. The predicted octanol–water partition coefficient (Wildman–Crippen LogP) is 3.57. The van der Waals surface area contributed by atoms with Gasteiger partial charge in [-0.15, -0.1) is 0 Å². The van der Waals surface area contributed by atoms with E-state index in [1.165, 1.54) is 19.3 Å². The van der Waals surface area contributed by atoms with Crippen molar-refractivity contribution in [2.75, 3.05) is 0 Å². The summed E-state index contributed by atoms with van der Waals surface area (Å²) < 4.78 is 0. The van der Waals surface area contributed by atoms with Crippen LogP contribution in [-0.2, 0) is 4.79 Å². The van der Waals surface area contributed by atoms with Crippen molar-refractivity contribution in [1.82, 2.24) is 0 Å². The van der Waals surface area contributed by atoms with Crippen LogP contribution in [0.2, 0.25) is 0 Å². The molecule has 0 radical (unpaired) electrons. The normalized spacial score (nSPS) is 57.0. The zero-order valence-electron chi connectivity index (χ0n) is 15.5. The lowest BCUT2D eigenvalue weighted by Gasteiger charge is -2.60. The Bertz CT molecular complexity index is 531. The molecular formula is C21H34O3. The molecule has 4 fully saturated rings. The summed E-state index contributed by atoms with van der Waals surface area (Å²) >= 11 is 0. The lowest BCUT2D eigenvalue weighted by atomic mass is 9.44. The Hall–Kier alpha value is -0.410. The molecule has 0 aliphatic heterocycles. The molecule has 3 heteroatoms. The third kappa shape index (κ3) is 2.19. The molecule has 0 spiro atoms. The molecule has 0 aromatic heterocycles. The number of fused-ring (bicyclic) bond motifs is 5.